The second-order valence-electron chi connectivity index (χ2n) is 6.70. The summed E-state index contributed by atoms with van der Waals surface area (Å²) in [6.07, 6.45) is 4.76. The van der Waals surface area contributed by atoms with Crippen LogP contribution in [-0.4, -0.2) is 40.8 Å². The Morgan fingerprint density at radius 1 is 1.35 bits per heavy atom. The molecular weight excluding hydrogens is 252 g/mol. The van der Waals surface area contributed by atoms with Crippen LogP contribution in [0.3, 0.4) is 0 Å². The Hall–Kier alpha value is -0.900. The lowest BCUT2D eigenvalue weighted by atomic mass is 9.95. The smallest absolute Gasteiger partial charge is 0.237 e. The molecule has 0 aromatic heterocycles. The number of carbonyl (C=O) groups is 2. The number of nitrogens with zero attached hydrogens (tertiary/aromatic N) is 1. The standard InChI is InChI=1S/C16H30N2O2/c1-6-16(4,5)17-15(20)13(3)18-10-8-7-9-14(18)11-12(2)19/h13-14H,6-11H2,1-5H3,(H,17,20). The summed E-state index contributed by atoms with van der Waals surface area (Å²) < 4.78 is 0. The van der Waals surface area contributed by atoms with Crippen LogP contribution in [0.4, 0.5) is 0 Å². The van der Waals surface area contributed by atoms with E-state index in [2.05, 4.69) is 17.1 Å². The van der Waals surface area contributed by atoms with Gasteiger partial charge in [0.05, 0.1) is 6.04 Å². The maximum Gasteiger partial charge on any atom is 0.237 e. The van der Waals surface area contributed by atoms with Gasteiger partial charge in [0.1, 0.15) is 5.78 Å². The third-order valence-corrected chi connectivity index (χ3v) is 4.42. The van der Waals surface area contributed by atoms with Gasteiger partial charge >= 0.3 is 0 Å². The maximum absolute atomic E-state index is 12.4. The van der Waals surface area contributed by atoms with Crippen LogP contribution >= 0.6 is 0 Å². The molecule has 1 saturated heterocycles. The molecule has 0 radical (unpaired) electrons. The largest absolute Gasteiger partial charge is 0.350 e. The van der Waals surface area contributed by atoms with Gasteiger partial charge in [-0.2, -0.15) is 0 Å². The fourth-order valence-corrected chi connectivity index (χ4v) is 2.76. The lowest BCUT2D eigenvalue weighted by Crippen LogP contribution is -2.55. The summed E-state index contributed by atoms with van der Waals surface area (Å²) in [7, 11) is 0. The summed E-state index contributed by atoms with van der Waals surface area (Å²) in [5.74, 6) is 0.288. The number of piperidine rings is 1. The predicted octanol–water partition coefficient (Wildman–Crippen LogP) is 2.51. The highest BCUT2D eigenvalue weighted by Crippen LogP contribution is 2.23. The van der Waals surface area contributed by atoms with Crippen molar-refractivity contribution in [2.45, 2.75) is 84.3 Å². The van der Waals surface area contributed by atoms with Gasteiger partial charge in [-0.3, -0.25) is 14.5 Å². The highest BCUT2D eigenvalue weighted by atomic mass is 16.2. The van der Waals surface area contributed by atoms with E-state index in [1.54, 1.807) is 6.92 Å². The molecule has 1 heterocycles. The molecule has 1 amide bonds. The van der Waals surface area contributed by atoms with Crippen molar-refractivity contribution in [3.63, 3.8) is 0 Å². The van der Waals surface area contributed by atoms with Crippen LogP contribution in [-0.2, 0) is 9.59 Å². The lowest BCUT2D eigenvalue weighted by molar-refractivity contribution is -0.130. The molecule has 0 saturated carbocycles. The first-order chi connectivity index (χ1) is 9.26. The van der Waals surface area contributed by atoms with Gasteiger partial charge in [-0.25, -0.2) is 0 Å². The van der Waals surface area contributed by atoms with Gasteiger partial charge in [-0.15, -0.1) is 0 Å². The molecule has 1 aliphatic rings. The molecule has 116 valence electrons. The van der Waals surface area contributed by atoms with Crippen molar-refractivity contribution in [3.8, 4) is 0 Å². The average Bonchev–Trinajstić information content (AvgIpc) is 2.37. The van der Waals surface area contributed by atoms with Gasteiger partial charge in [0, 0.05) is 18.0 Å². The fourth-order valence-electron chi connectivity index (χ4n) is 2.76. The number of Topliss-reactive ketones (excluding diaryl/α,β-unsaturated/α-hetero) is 1. The third kappa shape index (κ3) is 4.89. The van der Waals surface area contributed by atoms with E-state index in [9.17, 15) is 9.59 Å². The normalized spacial score (nSPS) is 22.4. The third-order valence-electron chi connectivity index (χ3n) is 4.42. The number of hydrogen-bond acceptors (Lipinski definition) is 3. The molecule has 1 N–H and O–H groups in total. The first-order valence-corrected chi connectivity index (χ1v) is 7.84. The molecule has 0 aliphatic carbocycles. The number of nitrogens with one attached hydrogen (secondary N) is 1. The van der Waals surface area contributed by atoms with Gasteiger partial charge in [0.25, 0.3) is 0 Å². The molecule has 20 heavy (non-hydrogen) atoms. The van der Waals surface area contributed by atoms with E-state index < -0.39 is 0 Å². The van der Waals surface area contributed by atoms with Crippen LogP contribution in [0.2, 0.25) is 0 Å². The van der Waals surface area contributed by atoms with Crippen molar-refractivity contribution in [2.75, 3.05) is 6.54 Å². The van der Waals surface area contributed by atoms with E-state index in [0.717, 1.165) is 32.2 Å². The van der Waals surface area contributed by atoms with Crippen LogP contribution in [0.25, 0.3) is 0 Å². The van der Waals surface area contributed by atoms with E-state index in [-0.39, 0.29) is 29.3 Å². The first kappa shape index (κ1) is 17.2. The Morgan fingerprint density at radius 3 is 2.55 bits per heavy atom. The number of ketones is 1. The Bertz CT molecular complexity index is 352. The summed E-state index contributed by atoms with van der Waals surface area (Å²) in [5.41, 5.74) is -0.169. The molecule has 1 aliphatic heterocycles. The predicted molar refractivity (Wildman–Crippen MR) is 81.6 cm³/mol. The van der Waals surface area contributed by atoms with Gasteiger partial charge in [0.15, 0.2) is 0 Å². The maximum atomic E-state index is 12.4. The fraction of sp³-hybridized carbons (Fsp3) is 0.875. The van der Waals surface area contributed by atoms with Crippen molar-refractivity contribution in [1.82, 2.24) is 10.2 Å². The van der Waals surface area contributed by atoms with Crippen LogP contribution in [0.5, 0.6) is 0 Å². The molecule has 0 aromatic carbocycles. The summed E-state index contributed by atoms with van der Waals surface area (Å²) in [4.78, 5) is 26.0. The summed E-state index contributed by atoms with van der Waals surface area (Å²) >= 11 is 0. The Balaban J connectivity index is 2.69. The average molecular weight is 282 g/mol. The summed E-state index contributed by atoms with van der Waals surface area (Å²) in [5, 5.41) is 3.11. The topological polar surface area (TPSA) is 49.4 Å². The first-order valence-electron chi connectivity index (χ1n) is 7.84. The van der Waals surface area contributed by atoms with Crippen LogP contribution in [0.1, 0.15) is 66.7 Å². The molecule has 4 heteroatoms. The second-order valence-corrected chi connectivity index (χ2v) is 6.70. The molecule has 4 nitrogen and oxygen atoms in total. The van der Waals surface area contributed by atoms with Gasteiger partial charge in [-0.1, -0.05) is 13.3 Å². The Morgan fingerprint density at radius 2 is 2.00 bits per heavy atom. The monoisotopic (exact) mass is 282 g/mol. The minimum Gasteiger partial charge on any atom is -0.350 e. The van der Waals surface area contributed by atoms with Gasteiger partial charge < -0.3 is 5.32 Å². The van der Waals surface area contributed by atoms with Crippen molar-refractivity contribution in [2.24, 2.45) is 0 Å². The summed E-state index contributed by atoms with van der Waals surface area (Å²) in [6.45, 7) is 10.7. The number of likely N-dealkylation sites (tertiary alicyclic amines) is 1. The number of carbonyl (C=O) groups excluding carboxylic acids is 2. The molecule has 0 aromatic rings. The Labute approximate surface area is 123 Å². The molecule has 2 unspecified atom stereocenters. The minimum atomic E-state index is -0.169. The van der Waals surface area contributed by atoms with Gasteiger partial charge in [-0.05, 0) is 53.5 Å². The van der Waals surface area contributed by atoms with Gasteiger partial charge in [0.2, 0.25) is 5.91 Å². The van der Waals surface area contributed by atoms with Crippen molar-refractivity contribution >= 4 is 11.7 Å². The van der Waals surface area contributed by atoms with Crippen molar-refractivity contribution < 1.29 is 9.59 Å². The highest BCUT2D eigenvalue weighted by Gasteiger charge is 2.32. The van der Waals surface area contributed by atoms with E-state index in [1.807, 2.05) is 20.8 Å². The van der Waals surface area contributed by atoms with Crippen LogP contribution in [0.15, 0.2) is 0 Å². The zero-order chi connectivity index (χ0) is 15.3. The van der Waals surface area contributed by atoms with E-state index >= 15 is 0 Å². The Kier molecular flexibility index (Phi) is 6.18. The quantitative estimate of drug-likeness (QED) is 0.814. The van der Waals surface area contributed by atoms with E-state index in [4.69, 9.17) is 0 Å². The van der Waals surface area contributed by atoms with Crippen LogP contribution in [0, 0.1) is 0 Å². The second kappa shape index (κ2) is 7.21. The number of amides is 1. The molecule has 0 spiro atoms. The molecule has 0 bridgehead atoms. The lowest BCUT2D eigenvalue weighted by Gasteiger charge is -2.40. The van der Waals surface area contributed by atoms with Crippen molar-refractivity contribution in [1.29, 1.82) is 0 Å². The van der Waals surface area contributed by atoms with Crippen molar-refractivity contribution in [3.05, 3.63) is 0 Å². The molecule has 1 fully saturated rings. The molecule has 2 atom stereocenters. The number of rotatable bonds is 6. The van der Waals surface area contributed by atoms with E-state index in [1.165, 1.54) is 0 Å². The zero-order valence-electron chi connectivity index (χ0n) is 13.7. The van der Waals surface area contributed by atoms with E-state index in [0.29, 0.717) is 6.42 Å². The summed E-state index contributed by atoms with van der Waals surface area (Å²) in [6, 6.07) is 0.0669. The zero-order valence-corrected chi connectivity index (χ0v) is 13.7. The highest BCUT2D eigenvalue weighted by molar-refractivity contribution is 5.82. The van der Waals surface area contributed by atoms with Crippen LogP contribution < -0.4 is 5.32 Å². The molecule has 1 rings (SSSR count). The number of hydrogen-bond donors (Lipinski definition) is 1. The molecular formula is C16H30N2O2. The SMILES string of the molecule is CCC(C)(C)NC(=O)C(C)N1CCCCC1CC(C)=O. The minimum absolute atomic E-state index is 0.0762.